The molecule has 0 N–H and O–H groups in total. The standard InChI is InChI=1S/C12H7BrFN3O/c13-8-1-2-9(14)10(7-8)18-12-4-6-17-11(16-12)3-5-15-17/h1-7H. The van der Waals surface area contributed by atoms with Gasteiger partial charge in [-0.15, -0.1) is 0 Å². The normalized spacial score (nSPS) is 10.8. The van der Waals surface area contributed by atoms with Crippen molar-refractivity contribution in [3.05, 3.63) is 53.0 Å². The zero-order chi connectivity index (χ0) is 12.5. The molecule has 0 atom stereocenters. The summed E-state index contributed by atoms with van der Waals surface area (Å²) in [6, 6.07) is 7.86. The predicted octanol–water partition coefficient (Wildman–Crippen LogP) is 3.42. The molecule has 0 aliphatic carbocycles. The van der Waals surface area contributed by atoms with Crippen molar-refractivity contribution in [1.82, 2.24) is 14.6 Å². The average molecular weight is 308 g/mol. The minimum absolute atomic E-state index is 0.126. The van der Waals surface area contributed by atoms with Gasteiger partial charge >= 0.3 is 0 Å². The lowest BCUT2D eigenvalue weighted by atomic mass is 10.3. The lowest BCUT2D eigenvalue weighted by Gasteiger charge is -2.06. The third-order valence-corrected chi connectivity index (χ3v) is 2.83. The van der Waals surface area contributed by atoms with Gasteiger partial charge in [-0.1, -0.05) is 15.9 Å². The zero-order valence-corrected chi connectivity index (χ0v) is 10.6. The van der Waals surface area contributed by atoms with Gasteiger partial charge in [-0.05, 0) is 18.2 Å². The van der Waals surface area contributed by atoms with Crippen LogP contribution in [-0.2, 0) is 0 Å². The molecule has 0 saturated carbocycles. The van der Waals surface area contributed by atoms with E-state index in [-0.39, 0.29) is 5.75 Å². The summed E-state index contributed by atoms with van der Waals surface area (Å²) in [4.78, 5) is 4.20. The van der Waals surface area contributed by atoms with E-state index in [4.69, 9.17) is 4.74 Å². The Balaban J connectivity index is 1.97. The van der Waals surface area contributed by atoms with Crippen molar-refractivity contribution in [3.8, 4) is 11.6 Å². The van der Waals surface area contributed by atoms with Crippen LogP contribution in [0.5, 0.6) is 11.6 Å². The van der Waals surface area contributed by atoms with Crippen molar-refractivity contribution in [3.63, 3.8) is 0 Å². The molecule has 6 heteroatoms. The first-order valence-electron chi connectivity index (χ1n) is 5.16. The maximum atomic E-state index is 13.5. The first kappa shape index (κ1) is 11.2. The second-order valence-electron chi connectivity index (χ2n) is 3.58. The van der Waals surface area contributed by atoms with E-state index in [0.29, 0.717) is 11.5 Å². The molecule has 0 saturated heterocycles. The van der Waals surface area contributed by atoms with E-state index >= 15 is 0 Å². The molecular weight excluding hydrogens is 301 g/mol. The Morgan fingerprint density at radius 2 is 2.11 bits per heavy atom. The summed E-state index contributed by atoms with van der Waals surface area (Å²) in [5, 5.41) is 4.02. The van der Waals surface area contributed by atoms with Crippen molar-refractivity contribution < 1.29 is 9.13 Å². The summed E-state index contributed by atoms with van der Waals surface area (Å²) >= 11 is 3.26. The molecule has 3 aromatic rings. The van der Waals surface area contributed by atoms with Gasteiger partial charge in [-0.2, -0.15) is 10.1 Å². The SMILES string of the molecule is Fc1ccc(Br)cc1Oc1ccn2nccc2n1. The van der Waals surface area contributed by atoms with Crippen molar-refractivity contribution >= 4 is 21.6 Å². The molecule has 0 aliphatic heterocycles. The van der Waals surface area contributed by atoms with Gasteiger partial charge in [0.25, 0.3) is 0 Å². The van der Waals surface area contributed by atoms with Crippen LogP contribution in [0.3, 0.4) is 0 Å². The van der Waals surface area contributed by atoms with Crippen LogP contribution < -0.4 is 4.74 Å². The smallest absolute Gasteiger partial charge is 0.222 e. The maximum absolute atomic E-state index is 13.5. The Labute approximate surface area is 110 Å². The van der Waals surface area contributed by atoms with Gasteiger partial charge in [0.05, 0.1) is 6.20 Å². The van der Waals surface area contributed by atoms with Crippen LogP contribution in [0.2, 0.25) is 0 Å². The van der Waals surface area contributed by atoms with Gasteiger partial charge in [0, 0.05) is 22.8 Å². The Bertz CT molecular complexity index is 713. The molecule has 2 heterocycles. The van der Waals surface area contributed by atoms with Crippen LogP contribution in [0.1, 0.15) is 0 Å². The Morgan fingerprint density at radius 1 is 1.22 bits per heavy atom. The molecule has 0 spiro atoms. The van der Waals surface area contributed by atoms with Gasteiger partial charge in [-0.3, -0.25) is 0 Å². The van der Waals surface area contributed by atoms with Crippen molar-refractivity contribution in [2.45, 2.75) is 0 Å². The van der Waals surface area contributed by atoms with Gasteiger partial charge in [0.1, 0.15) is 0 Å². The van der Waals surface area contributed by atoms with Crippen LogP contribution in [0.15, 0.2) is 47.2 Å². The fourth-order valence-corrected chi connectivity index (χ4v) is 1.86. The molecule has 2 aromatic heterocycles. The summed E-state index contributed by atoms with van der Waals surface area (Å²) in [6.45, 7) is 0. The summed E-state index contributed by atoms with van der Waals surface area (Å²) < 4.78 is 21.3. The highest BCUT2D eigenvalue weighted by Crippen LogP contribution is 2.26. The quantitative estimate of drug-likeness (QED) is 0.728. The van der Waals surface area contributed by atoms with E-state index < -0.39 is 5.82 Å². The number of hydrogen-bond donors (Lipinski definition) is 0. The third-order valence-electron chi connectivity index (χ3n) is 2.34. The molecule has 0 fully saturated rings. The average Bonchev–Trinajstić information content (AvgIpc) is 2.81. The Kier molecular flexibility index (Phi) is 2.71. The maximum Gasteiger partial charge on any atom is 0.222 e. The minimum atomic E-state index is -0.437. The third kappa shape index (κ3) is 2.06. The van der Waals surface area contributed by atoms with E-state index in [9.17, 15) is 4.39 Å². The molecular formula is C12H7BrFN3O. The number of fused-ring (bicyclic) bond motifs is 1. The van der Waals surface area contributed by atoms with Crippen LogP contribution in [0.25, 0.3) is 5.65 Å². The molecule has 3 rings (SSSR count). The van der Waals surface area contributed by atoms with E-state index in [1.165, 1.54) is 6.07 Å². The molecule has 0 aliphatic rings. The van der Waals surface area contributed by atoms with E-state index in [1.807, 2.05) is 0 Å². The topological polar surface area (TPSA) is 39.4 Å². The van der Waals surface area contributed by atoms with Gasteiger partial charge < -0.3 is 4.74 Å². The number of aromatic nitrogens is 3. The number of nitrogens with zero attached hydrogens (tertiary/aromatic N) is 3. The number of hydrogen-bond acceptors (Lipinski definition) is 3. The highest BCUT2D eigenvalue weighted by molar-refractivity contribution is 9.10. The van der Waals surface area contributed by atoms with Crippen molar-refractivity contribution in [1.29, 1.82) is 0 Å². The fraction of sp³-hybridized carbons (Fsp3) is 0. The molecule has 0 bridgehead atoms. The van der Waals surface area contributed by atoms with Crippen LogP contribution >= 0.6 is 15.9 Å². The van der Waals surface area contributed by atoms with Crippen molar-refractivity contribution in [2.75, 3.05) is 0 Å². The lowest BCUT2D eigenvalue weighted by molar-refractivity contribution is 0.427. The first-order valence-corrected chi connectivity index (χ1v) is 5.95. The van der Waals surface area contributed by atoms with Crippen LogP contribution in [0.4, 0.5) is 4.39 Å². The summed E-state index contributed by atoms with van der Waals surface area (Å²) in [6.07, 6.45) is 3.33. The molecule has 4 nitrogen and oxygen atoms in total. The molecule has 0 radical (unpaired) electrons. The Morgan fingerprint density at radius 3 is 3.00 bits per heavy atom. The van der Waals surface area contributed by atoms with Crippen LogP contribution in [-0.4, -0.2) is 14.6 Å². The lowest BCUT2D eigenvalue weighted by Crippen LogP contribution is -1.94. The monoisotopic (exact) mass is 307 g/mol. The number of ether oxygens (including phenoxy) is 1. The highest BCUT2D eigenvalue weighted by atomic mass is 79.9. The van der Waals surface area contributed by atoms with E-state index in [2.05, 4.69) is 26.0 Å². The molecule has 0 amide bonds. The zero-order valence-electron chi connectivity index (χ0n) is 9.05. The molecule has 0 unspecified atom stereocenters. The summed E-state index contributed by atoms with van der Waals surface area (Å²) in [7, 11) is 0. The highest BCUT2D eigenvalue weighted by Gasteiger charge is 2.07. The van der Waals surface area contributed by atoms with Gasteiger partial charge in [0.15, 0.2) is 17.2 Å². The second-order valence-corrected chi connectivity index (χ2v) is 4.49. The number of rotatable bonds is 2. The van der Waals surface area contributed by atoms with Gasteiger partial charge in [0.2, 0.25) is 5.88 Å². The number of halogens is 2. The van der Waals surface area contributed by atoms with Crippen LogP contribution in [0, 0.1) is 5.82 Å². The summed E-state index contributed by atoms with van der Waals surface area (Å²) in [5.41, 5.74) is 0.642. The summed E-state index contributed by atoms with van der Waals surface area (Å²) in [5.74, 6) is 0.00845. The predicted molar refractivity (Wildman–Crippen MR) is 67.2 cm³/mol. The molecule has 1 aromatic carbocycles. The van der Waals surface area contributed by atoms with E-state index in [0.717, 1.165) is 4.47 Å². The first-order chi connectivity index (χ1) is 8.72. The van der Waals surface area contributed by atoms with E-state index in [1.54, 1.807) is 41.2 Å². The fourth-order valence-electron chi connectivity index (χ4n) is 1.52. The Hall–Kier alpha value is -1.95. The van der Waals surface area contributed by atoms with Gasteiger partial charge in [-0.25, -0.2) is 8.91 Å². The second kappa shape index (κ2) is 4.38. The largest absolute Gasteiger partial charge is 0.436 e. The van der Waals surface area contributed by atoms with Crippen molar-refractivity contribution in [2.24, 2.45) is 0 Å². The molecule has 90 valence electrons. The molecule has 18 heavy (non-hydrogen) atoms. The number of benzene rings is 1. The minimum Gasteiger partial charge on any atom is -0.436 e.